The molecule has 0 saturated heterocycles. The number of carbonyl (C=O) groups is 4. The maximum Gasteiger partial charge on any atom is 0.192 e. The van der Waals surface area contributed by atoms with Gasteiger partial charge in [0.25, 0.3) is 0 Å². The minimum Gasteiger partial charge on any atom is -0.507 e. The number of aliphatic hydroxyl groups is 1. The SMILES string of the molecule is CCc1cccc(CCc2ccc(O)c3c2C[C@@]2(C)C[C@@]4(C)C(C(C)C)=C(C)C(C(C)=O)C(=O)[C@@]4(O)C(=O)C2C3=O)c1. The molecule has 3 aliphatic rings. The van der Waals surface area contributed by atoms with Crippen LogP contribution in [0.3, 0.4) is 0 Å². The minimum atomic E-state index is -2.52. The maximum atomic E-state index is 14.5. The summed E-state index contributed by atoms with van der Waals surface area (Å²) in [5.41, 5.74) is 0.870. The van der Waals surface area contributed by atoms with Crippen LogP contribution in [0.2, 0.25) is 0 Å². The number of fused-ring (bicyclic) bond motifs is 3. The Kier molecular flexibility index (Phi) is 7.25. The van der Waals surface area contributed by atoms with Crippen LogP contribution >= 0.6 is 0 Å². The van der Waals surface area contributed by atoms with E-state index in [1.807, 2.05) is 26.8 Å². The largest absolute Gasteiger partial charge is 0.507 e. The first-order chi connectivity index (χ1) is 19.6. The first kappa shape index (κ1) is 30.1. The average Bonchev–Trinajstić information content (AvgIpc) is 2.90. The molecule has 5 atom stereocenters. The highest BCUT2D eigenvalue weighted by Crippen LogP contribution is 2.64. The lowest BCUT2D eigenvalue weighted by Crippen LogP contribution is -2.73. The van der Waals surface area contributed by atoms with Crippen LogP contribution in [-0.4, -0.2) is 38.9 Å². The second-order valence-corrected chi connectivity index (χ2v) is 13.6. The van der Waals surface area contributed by atoms with Crippen LogP contribution in [-0.2, 0) is 40.1 Å². The highest BCUT2D eigenvalue weighted by molar-refractivity contribution is 6.27. The summed E-state index contributed by atoms with van der Waals surface area (Å²) in [5, 5.41) is 23.2. The van der Waals surface area contributed by atoms with E-state index in [4.69, 9.17) is 0 Å². The Balaban J connectivity index is 1.64. The molecule has 5 rings (SSSR count). The molecule has 2 aromatic rings. The van der Waals surface area contributed by atoms with E-state index in [0.717, 1.165) is 29.5 Å². The monoisotopic (exact) mass is 570 g/mol. The van der Waals surface area contributed by atoms with Gasteiger partial charge in [0.2, 0.25) is 0 Å². The van der Waals surface area contributed by atoms with Crippen LogP contribution in [0.4, 0.5) is 0 Å². The van der Waals surface area contributed by atoms with Gasteiger partial charge >= 0.3 is 0 Å². The van der Waals surface area contributed by atoms with Gasteiger partial charge in [-0.3, -0.25) is 19.2 Å². The Morgan fingerprint density at radius 2 is 1.69 bits per heavy atom. The summed E-state index contributed by atoms with van der Waals surface area (Å²) >= 11 is 0. The van der Waals surface area contributed by atoms with E-state index in [2.05, 4.69) is 31.2 Å². The van der Waals surface area contributed by atoms with E-state index in [1.54, 1.807) is 13.8 Å². The number of Topliss-reactive ketones (excluding diaryl/α,β-unsaturated/α-hetero) is 4. The number of aromatic hydroxyl groups is 1. The fourth-order valence-corrected chi connectivity index (χ4v) is 8.92. The van der Waals surface area contributed by atoms with Crippen molar-refractivity contribution in [2.24, 2.45) is 28.6 Å². The van der Waals surface area contributed by atoms with Crippen molar-refractivity contribution in [3.63, 3.8) is 0 Å². The third-order valence-corrected chi connectivity index (χ3v) is 10.5. The maximum absolute atomic E-state index is 14.5. The van der Waals surface area contributed by atoms with Crippen molar-refractivity contribution in [3.05, 3.63) is 75.4 Å². The number of allylic oxidation sites excluding steroid dienone is 1. The fraction of sp³-hybridized carbons (Fsp3) is 0.500. The normalized spacial score (nSPS) is 30.7. The van der Waals surface area contributed by atoms with E-state index in [1.165, 1.54) is 24.1 Å². The molecule has 0 spiro atoms. The molecular formula is C36H42O6. The second kappa shape index (κ2) is 10.1. The Labute approximate surface area is 248 Å². The van der Waals surface area contributed by atoms with Gasteiger partial charge in [-0.1, -0.05) is 76.1 Å². The quantitative estimate of drug-likeness (QED) is 0.347. The van der Waals surface area contributed by atoms with Crippen molar-refractivity contribution >= 4 is 23.1 Å². The summed E-state index contributed by atoms with van der Waals surface area (Å²) in [6.45, 7) is 12.7. The van der Waals surface area contributed by atoms with Crippen molar-refractivity contribution < 1.29 is 29.4 Å². The first-order valence-electron chi connectivity index (χ1n) is 15.1. The number of hydrogen-bond donors (Lipinski definition) is 2. The third-order valence-electron chi connectivity index (χ3n) is 10.5. The van der Waals surface area contributed by atoms with E-state index in [9.17, 15) is 29.4 Å². The summed E-state index contributed by atoms with van der Waals surface area (Å²) in [5.74, 6) is -5.56. The van der Waals surface area contributed by atoms with E-state index < -0.39 is 51.4 Å². The standard InChI is InChI=1S/C36H42O6/c1-8-22-10-9-11-23(16-22)12-13-24-14-15-26(38)28-25(24)17-34(6)18-35(7)29(19(2)3)20(4)27(21(5)37)32(40)36(35,42)33(41)30(34)31(28)39/h9-11,14-16,19,27,30,38,42H,8,12-13,17-18H2,1-7H3/t27?,30?,34-,35-,36+/m0/s1. The Bertz CT molecular complexity index is 1560. The molecule has 0 amide bonds. The molecule has 2 unspecified atom stereocenters. The van der Waals surface area contributed by atoms with Crippen molar-refractivity contribution in [1.82, 2.24) is 0 Å². The summed E-state index contributed by atoms with van der Waals surface area (Å²) in [6.07, 6.45) is 2.93. The highest BCUT2D eigenvalue weighted by atomic mass is 16.3. The van der Waals surface area contributed by atoms with Gasteiger partial charge in [0, 0.05) is 5.41 Å². The molecule has 3 aliphatic carbocycles. The molecule has 222 valence electrons. The number of phenolic OH excluding ortho intramolecular Hbond substituents is 1. The topological polar surface area (TPSA) is 109 Å². The van der Waals surface area contributed by atoms with Gasteiger partial charge in [0.05, 0.1) is 11.5 Å². The lowest BCUT2D eigenvalue weighted by atomic mass is 9.41. The Morgan fingerprint density at radius 3 is 2.31 bits per heavy atom. The molecule has 6 nitrogen and oxygen atoms in total. The summed E-state index contributed by atoms with van der Waals surface area (Å²) in [4.78, 5) is 55.3. The molecule has 1 saturated carbocycles. The Morgan fingerprint density at radius 1 is 1.02 bits per heavy atom. The van der Waals surface area contributed by atoms with Gasteiger partial charge in [-0.25, -0.2) is 0 Å². The number of rotatable bonds is 6. The third kappa shape index (κ3) is 4.09. The van der Waals surface area contributed by atoms with Gasteiger partial charge < -0.3 is 10.2 Å². The van der Waals surface area contributed by atoms with Gasteiger partial charge in [-0.15, -0.1) is 0 Å². The van der Waals surface area contributed by atoms with Gasteiger partial charge in [-0.05, 0) is 85.6 Å². The predicted molar refractivity (Wildman–Crippen MR) is 160 cm³/mol. The zero-order chi connectivity index (χ0) is 30.9. The molecule has 42 heavy (non-hydrogen) atoms. The van der Waals surface area contributed by atoms with Gasteiger partial charge in [0.15, 0.2) is 23.0 Å². The zero-order valence-electron chi connectivity index (χ0n) is 25.8. The number of benzene rings is 2. The minimum absolute atomic E-state index is 0.111. The van der Waals surface area contributed by atoms with Crippen LogP contribution in [0.15, 0.2) is 47.5 Å². The number of hydrogen-bond acceptors (Lipinski definition) is 6. The van der Waals surface area contributed by atoms with Gasteiger partial charge in [-0.2, -0.15) is 0 Å². The van der Waals surface area contributed by atoms with E-state index >= 15 is 0 Å². The molecular weight excluding hydrogens is 528 g/mol. The molecule has 2 aromatic carbocycles. The van der Waals surface area contributed by atoms with Crippen LogP contribution in [0.1, 0.15) is 87.5 Å². The van der Waals surface area contributed by atoms with Crippen LogP contribution in [0.5, 0.6) is 5.75 Å². The zero-order valence-corrected chi connectivity index (χ0v) is 25.8. The lowest BCUT2D eigenvalue weighted by molar-refractivity contribution is -0.183. The molecule has 1 fully saturated rings. The average molecular weight is 571 g/mol. The second-order valence-electron chi connectivity index (χ2n) is 13.6. The Hall–Kier alpha value is -3.38. The van der Waals surface area contributed by atoms with Crippen LogP contribution < -0.4 is 0 Å². The predicted octanol–water partition coefficient (Wildman–Crippen LogP) is 5.57. The molecule has 0 heterocycles. The highest BCUT2D eigenvalue weighted by Gasteiger charge is 2.73. The van der Waals surface area contributed by atoms with E-state index in [-0.39, 0.29) is 23.7 Å². The molecule has 0 bridgehead atoms. The summed E-state index contributed by atoms with van der Waals surface area (Å²) < 4.78 is 0. The van der Waals surface area contributed by atoms with Gasteiger partial charge in [0.1, 0.15) is 17.5 Å². The summed E-state index contributed by atoms with van der Waals surface area (Å²) in [6, 6.07) is 11.8. The molecule has 0 radical (unpaired) electrons. The molecule has 2 N–H and O–H groups in total. The van der Waals surface area contributed by atoms with Crippen LogP contribution in [0.25, 0.3) is 0 Å². The van der Waals surface area contributed by atoms with Crippen molar-refractivity contribution in [1.29, 1.82) is 0 Å². The number of aryl methyl sites for hydroxylation is 3. The van der Waals surface area contributed by atoms with E-state index in [0.29, 0.717) is 18.4 Å². The van der Waals surface area contributed by atoms with Crippen LogP contribution in [0, 0.1) is 28.6 Å². The van der Waals surface area contributed by atoms with Crippen molar-refractivity contribution in [2.45, 2.75) is 86.2 Å². The molecule has 0 aromatic heterocycles. The fourth-order valence-electron chi connectivity index (χ4n) is 8.92. The number of carbonyl (C=O) groups excluding carboxylic acids is 4. The summed E-state index contributed by atoms with van der Waals surface area (Å²) in [7, 11) is 0. The van der Waals surface area contributed by atoms with Crippen molar-refractivity contribution in [3.8, 4) is 5.75 Å². The first-order valence-corrected chi connectivity index (χ1v) is 15.1. The van der Waals surface area contributed by atoms with Crippen molar-refractivity contribution in [2.75, 3.05) is 0 Å². The lowest BCUT2D eigenvalue weighted by Gasteiger charge is -2.60. The number of ketones is 4. The molecule has 0 aliphatic heterocycles. The number of phenols is 1. The molecule has 6 heteroatoms. The smallest absolute Gasteiger partial charge is 0.192 e.